The van der Waals surface area contributed by atoms with Gasteiger partial charge < -0.3 is 9.84 Å². The first-order valence-corrected chi connectivity index (χ1v) is 6.08. The van der Waals surface area contributed by atoms with E-state index in [1.807, 2.05) is 26.0 Å². The van der Waals surface area contributed by atoms with E-state index in [-0.39, 0.29) is 6.42 Å². The molecule has 0 spiro atoms. The minimum absolute atomic E-state index is 0.217. The second-order valence-electron chi connectivity index (χ2n) is 4.39. The monoisotopic (exact) mass is 248 g/mol. The van der Waals surface area contributed by atoms with Gasteiger partial charge in [-0.25, -0.2) is 0 Å². The Labute approximate surface area is 108 Å². The number of benzene rings is 1. The molecule has 0 amide bonds. The Balaban J connectivity index is 2.71. The van der Waals surface area contributed by atoms with Gasteiger partial charge in [0.1, 0.15) is 5.75 Å². The third kappa shape index (κ3) is 4.24. The van der Waals surface area contributed by atoms with Gasteiger partial charge in [0.25, 0.3) is 0 Å². The van der Waals surface area contributed by atoms with Crippen molar-refractivity contribution in [1.82, 2.24) is 0 Å². The molecular weight excluding hydrogens is 228 g/mol. The molecule has 1 aromatic rings. The molecule has 0 aliphatic carbocycles. The fraction of sp³-hybridized carbons (Fsp3) is 0.400. The van der Waals surface area contributed by atoms with Gasteiger partial charge in [-0.15, -0.1) is 0 Å². The summed E-state index contributed by atoms with van der Waals surface area (Å²) in [6.45, 7) is 4.07. The van der Waals surface area contributed by atoms with Crippen molar-refractivity contribution < 1.29 is 14.6 Å². The summed E-state index contributed by atoms with van der Waals surface area (Å²) in [5, 5.41) is 8.54. The molecule has 0 aromatic heterocycles. The van der Waals surface area contributed by atoms with Gasteiger partial charge in [0.2, 0.25) is 0 Å². The molecule has 0 aliphatic heterocycles. The van der Waals surface area contributed by atoms with E-state index in [9.17, 15) is 4.79 Å². The van der Waals surface area contributed by atoms with Crippen LogP contribution in [0, 0.1) is 13.8 Å². The topological polar surface area (TPSA) is 46.5 Å². The smallest absolute Gasteiger partial charge is 0.303 e. The van der Waals surface area contributed by atoms with E-state index in [4.69, 9.17) is 9.84 Å². The molecule has 3 nitrogen and oxygen atoms in total. The number of ether oxygens (including phenoxy) is 1. The number of carboxylic acid groups (broad SMARTS) is 1. The number of unbranched alkanes of at least 4 members (excludes halogenated alkanes) is 1. The van der Waals surface area contributed by atoms with Gasteiger partial charge >= 0.3 is 5.97 Å². The number of methoxy groups -OCH3 is 1. The summed E-state index contributed by atoms with van der Waals surface area (Å²) >= 11 is 0. The van der Waals surface area contributed by atoms with Crippen LogP contribution in [0.3, 0.4) is 0 Å². The van der Waals surface area contributed by atoms with Gasteiger partial charge in [-0.1, -0.05) is 23.8 Å². The number of rotatable bonds is 6. The number of aliphatic carboxylic acids is 1. The Kier molecular flexibility index (Phi) is 5.43. The highest BCUT2D eigenvalue weighted by Gasteiger charge is 2.04. The molecule has 0 saturated heterocycles. The molecule has 0 fully saturated rings. The number of hydrogen-bond donors (Lipinski definition) is 1. The highest BCUT2D eigenvalue weighted by atomic mass is 16.5. The molecule has 1 aromatic carbocycles. The quantitative estimate of drug-likeness (QED) is 0.783. The molecule has 1 N–H and O–H groups in total. The van der Waals surface area contributed by atoms with Crippen LogP contribution in [0.15, 0.2) is 18.2 Å². The largest absolute Gasteiger partial charge is 0.496 e. The zero-order valence-electron chi connectivity index (χ0n) is 11.2. The van der Waals surface area contributed by atoms with Gasteiger partial charge in [-0.3, -0.25) is 4.79 Å². The van der Waals surface area contributed by atoms with E-state index in [2.05, 4.69) is 12.1 Å². The van der Waals surface area contributed by atoms with Crippen molar-refractivity contribution in [2.45, 2.75) is 33.1 Å². The molecule has 1 rings (SSSR count). The van der Waals surface area contributed by atoms with Crippen molar-refractivity contribution in [3.63, 3.8) is 0 Å². The highest BCUT2D eigenvalue weighted by molar-refractivity contribution is 5.66. The summed E-state index contributed by atoms with van der Waals surface area (Å²) in [6.07, 6.45) is 5.65. The molecule has 0 bridgehead atoms. The van der Waals surface area contributed by atoms with E-state index in [1.54, 1.807) is 7.11 Å². The molecule has 0 aliphatic rings. The van der Waals surface area contributed by atoms with Gasteiger partial charge in [0, 0.05) is 12.0 Å². The van der Waals surface area contributed by atoms with Crippen molar-refractivity contribution in [1.29, 1.82) is 0 Å². The van der Waals surface area contributed by atoms with Crippen LogP contribution in [0.5, 0.6) is 5.75 Å². The number of hydrogen-bond acceptors (Lipinski definition) is 2. The van der Waals surface area contributed by atoms with Crippen LogP contribution in [0.4, 0.5) is 0 Å². The third-order valence-electron chi connectivity index (χ3n) is 2.71. The van der Waals surface area contributed by atoms with Gasteiger partial charge in [0.15, 0.2) is 0 Å². The Morgan fingerprint density at radius 1 is 1.39 bits per heavy atom. The van der Waals surface area contributed by atoms with Gasteiger partial charge in [-0.2, -0.15) is 0 Å². The van der Waals surface area contributed by atoms with Crippen LogP contribution in [-0.4, -0.2) is 18.2 Å². The van der Waals surface area contributed by atoms with E-state index in [0.29, 0.717) is 6.42 Å². The maximum absolute atomic E-state index is 10.4. The molecule has 3 heteroatoms. The Morgan fingerprint density at radius 3 is 2.72 bits per heavy atom. The predicted octanol–water partition coefficient (Wildman–Crippen LogP) is 3.58. The van der Waals surface area contributed by atoms with Crippen LogP contribution in [0.1, 0.15) is 36.0 Å². The maximum atomic E-state index is 10.4. The van der Waals surface area contributed by atoms with Crippen LogP contribution in [-0.2, 0) is 4.79 Å². The predicted molar refractivity (Wildman–Crippen MR) is 73.0 cm³/mol. The van der Waals surface area contributed by atoms with Crippen LogP contribution in [0.25, 0.3) is 6.08 Å². The summed E-state index contributed by atoms with van der Waals surface area (Å²) in [5.74, 6) is 0.141. The lowest BCUT2D eigenvalue weighted by Gasteiger charge is -2.09. The molecular formula is C15H20O3. The lowest BCUT2D eigenvalue weighted by atomic mass is 10.0. The number of carboxylic acids is 1. The average Bonchev–Trinajstić information content (AvgIpc) is 2.27. The molecule has 0 atom stereocenters. The van der Waals surface area contributed by atoms with Crippen LogP contribution >= 0.6 is 0 Å². The highest BCUT2D eigenvalue weighted by Crippen LogP contribution is 2.26. The van der Waals surface area contributed by atoms with Crippen LogP contribution < -0.4 is 4.74 Å². The SMILES string of the molecule is COc1c(C)cc(C)cc1/C=C/CCCC(=O)O. The zero-order chi connectivity index (χ0) is 13.5. The summed E-state index contributed by atoms with van der Waals surface area (Å²) in [5.41, 5.74) is 3.35. The summed E-state index contributed by atoms with van der Waals surface area (Å²) < 4.78 is 5.38. The normalized spacial score (nSPS) is 10.8. The van der Waals surface area contributed by atoms with Gasteiger partial charge in [-0.05, 0) is 38.3 Å². The fourth-order valence-corrected chi connectivity index (χ4v) is 1.97. The molecule has 18 heavy (non-hydrogen) atoms. The number of allylic oxidation sites excluding steroid dienone is 1. The van der Waals surface area contributed by atoms with Gasteiger partial charge in [0.05, 0.1) is 7.11 Å². The minimum atomic E-state index is -0.743. The van der Waals surface area contributed by atoms with Crippen LogP contribution in [0.2, 0.25) is 0 Å². The first kappa shape index (κ1) is 14.3. The Hall–Kier alpha value is -1.77. The second kappa shape index (κ2) is 6.84. The summed E-state index contributed by atoms with van der Waals surface area (Å²) in [7, 11) is 1.67. The summed E-state index contributed by atoms with van der Waals surface area (Å²) in [4.78, 5) is 10.4. The van der Waals surface area contributed by atoms with E-state index >= 15 is 0 Å². The summed E-state index contributed by atoms with van der Waals surface area (Å²) in [6, 6.07) is 4.15. The Morgan fingerprint density at radius 2 is 2.11 bits per heavy atom. The number of carbonyl (C=O) groups is 1. The van der Waals surface area contributed by atoms with E-state index in [0.717, 1.165) is 23.3 Å². The number of aryl methyl sites for hydroxylation is 2. The zero-order valence-corrected chi connectivity index (χ0v) is 11.2. The van der Waals surface area contributed by atoms with Crippen molar-refractivity contribution >= 4 is 12.0 Å². The first-order valence-electron chi connectivity index (χ1n) is 6.08. The minimum Gasteiger partial charge on any atom is -0.496 e. The first-order chi connectivity index (χ1) is 8.54. The maximum Gasteiger partial charge on any atom is 0.303 e. The molecule has 0 heterocycles. The van der Waals surface area contributed by atoms with E-state index in [1.165, 1.54) is 5.56 Å². The van der Waals surface area contributed by atoms with Crippen molar-refractivity contribution in [2.75, 3.05) is 7.11 Å². The van der Waals surface area contributed by atoms with Crippen molar-refractivity contribution in [2.24, 2.45) is 0 Å². The van der Waals surface area contributed by atoms with Crippen molar-refractivity contribution in [3.8, 4) is 5.75 Å². The van der Waals surface area contributed by atoms with E-state index < -0.39 is 5.97 Å². The average molecular weight is 248 g/mol. The standard InChI is InChI=1S/C15H20O3/c1-11-9-12(2)15(18-3)13(10-11)7-5-4-6-8-14(16)17/h5,7,9-10H,4,6,8H2,1-3H3,(H,16,17)/b7-5+. The second-order valence-corrected chi connectivity index (χ2v) is 4.39. The molecule has 98 valence electrons. The fourth-order valence-electron chi connectivity index (χ4n) is 1.97. The lowest BCUT2D eigenvalue weighted by molar-refractivity contribution is -0.137. The Bertz CT molecular complexity index is 447. The molecule has 0 unspecified atom stereocenters. The van der Waals surface area contributed by atoms with Crippen molar-refractivity contribution in [3.05, 3.63) is 34.9 Å². The lowest BCUT2D eigenvalue weighted by Crippen LogP contribution is -1.93. The third-order valence-corrected chi connectivity index (χ3v) is 2.71. The molecule has 0 saturated carbocycles. The molecule has 0 radical (unpaired) electrons.